The molecule has 0 radical (unpaired) electrons. The van der Waals surface area contributed by atoms with Gasteiger partial charge in [-0.05, 0) is 24.6 Å². The van der Waals surface area contributed by atoms with Crippen molar-refractivity contribution in [3.8, 4) is 0 Å². The minimum Gasteiger partial charge on any atom is -0.370 e. The maximum atomic E-state index is 13.2. The first-order chi connectivity index (χ1) is 9.72. The van der Waals surface area contributed by atoms with Gasteiger partial charge in [-0.2, -0.15) is 0 Å². The van der Waals surface area contributed by atoms with Crippen LogP contribution in [0.5, 0.6) is 0 Å². The largest absolute Gasteiger partial charge is 0.370 e. The predicted octanol–water partition coefficient (Wildman–Crippen LogP) is 3.30. The summed E-state index contributed by atoms with van der Waals surface area (Å²) in [4.78, 5) is 6.49. The van der Waals surface area contributed by atoms with Gasteiger partial charge in [0, 0.05) is 36.7 Å². The molecule has 0 bridgehead atoms. The molecule has 0 spiro atoms. The minimum atomic E-state index is -0.368. The second-order valence-electron chi connectivity index (χ2n) is 4.89. The number of hydrogen-bond acceptors (Lipinski definition) is 4. The van der Waals surface area contributed by atoms with Crippen LogP contribution in [0.1, 0.15) is 12.1 Å². The first kappa shape index (κ1) is 13.8. The van der Waals surface area contributed by atoms with E-state index >= 15 is 0 Å². The second kappa shape index (κ2) is 6.08. The van der Waals surface area contributed by atoms with Crippen molar-refractivity contribution in [2.45, 2.75) is 19.0 Å². The van der Waals surface area contributed by atoms with Crippen LogP contribution in [0.2, 0.25) is 5.02 Å². The maximum Gasteiger partial charge on any atom is 0.141 e. The average Bonchev–Trinajstić information content (AvgIpc) is 3.10. The van der Waals surface area contributed by atoms with E-state index in [9.17, 15) is 4.39 Å². The molecule has 1 saturated heterocycles. The molecular formula is C14H15ClFN3S. The van der Waals surface area contributed by atoms with E-state index < -0.39 is 0 Å². The second-order valence-corrected chi connectivity index (χ2v) is 6.02. The summed E-state index contributed by atoms with van der Waals surface area (Å²) in [5.74, 6) is -0.368. The molecule has 1 N–H and O–H groups in total. The molecule has 1 aromatic heterocycles. The van der Waals surface area contributed by atoms with Gasteiger partial charge in [0.2, 0.25) is 0 Å². The molecule has 1 aromatic carbocycles. The zero-order valence-corrected chi connectivity index (χ0v) is 12.4. The number of hydrogen-bond donors (Lipinski definition) is 1. The summed E-state index contributed by atoms with van der Waals surface area (Å²) in [5.41, 5.74) is 3.91. The molecule has 0 aliphatic carbocycles. The van der Waals surface area contributed by atoms with Crippen molar-refractivity contribution in [1.29, 1.82) is 0 Å². The fourth-order valence-corrected chi connectivity index (χ4v) is 3.15. The smallest absolute Gasteiger partial charge is 0.141 e. The minimum absolute atomic E-state index is 0.182. The summed E-state index contributed by atoms with van der Waals surface area (Å²) in [5, 5.41) is 5.74. The third kappa shape index (κ3) is 3.11. The lowest BCUT2D eigenvalue weighted by Gasteiger charge is -2.19. The Balaban J connectivity index is 1.57. The molecule has 2 aromatic rings. The lowest BCUT2D eigenvalue weighted by Crippen LogP contribution is -2.32. The molecule has 0 unspecified atom stereocenters. The van der Waals surface area contributed by atoms with Gasteiger partial charge >= 0.3 is 0 Å². The highest BCUT2D eigenvalue weighted by Gasteiger charge is 2.22. The van der Waals surface area contributed by atoms with Gasteiger partial charge in [0.1, 0.15) is 5.82 Å². The Bertz CT molecular complexity index is 576. The third-order valence-electron chi connectivity index (χ3n) is 3.51. The van der Waals surface area contributed by atoms with Crippen LogP contribution in [0, 0.1) is 5.82 Å². The topological polar surface area (TPSA) is 28.2 Å². The van der Waals surface area contributed by atoms with E-state index in [1.807, 2.05) is 5.51 Å². The molecule has 3 nitrogen and oxygen atoms in total. The van der Waals surface area contributed by atoms with E-state index in [4.69, 9.17) is 11.6 Å². The summed E-state index contributed by atoms with van der Waals surface area (Å²) < 4.78 is 13.2. The fraction of sp³-hybridized carbons (Fsp3) is 0.357. The van der Waals surface area contributed by atoms with E-state index in [1.54, 1.807) is 23.5 Å². The number of halogens is 2. The van der Waals surface area contributed by atoms with Crippen LogP contribution in [0.25, 0.3) is 0 Å². The van der Waals surface area contributed by atoms with Gasteiger partial charge in [-0.3, -0.25) is 0 Å². The van der Waals surface area contributed by atoms with Crippen molar-refractivity contribution >= 4 is 28.6 Å². The summed E-state index contributed by atoms with van der Waals surface area (Å²) in [7, 11) is 0. The normalized spacial score (nSPS) is 18.7. The number of thiazole rings is 1. The first-order valence-corrected chi connectivity index (χ1v) is 7.85. The summed E-state index contributed by atoms with van der Waals surface area (Å²) in [6, 6.07) is 5.33. The van der Waals surface area contributed by atoms with Crippen molar-refractivity contribution in [1.82, 2.24) is 10.3 Å². The van der Waals surface area contributed by atoms with Gasteiger partial charge in [0.15, 0.2) is 0 Å². The number of aromatic nitrogens is 1. The zero-order valence-electron chi connectivity index (χ0n) is 10.9. The molecule has 1 aliphatic heterocycles. The fourth-order valence-electron chi connectivity index (χ4n) is 2.42. The molecule has 3 rings (SSSR count). The van der Waals surface area contributed by atoms with Crippen LogP contribution < -0.4 is 10.2 Å². The Hall–Kier alpha value is -1.17. The molecule has 106 valence electrons. The van der Waals surface area contributed by atoms with Crippen LogP contribution >= 0.6 is 22.9 Å². The lowest BCUT2D eigenvalue weighted by atomic mass is 10.2. The molecule has 1 aliphatic rings. The highest BCUT2D eigenvalue weighted by molar-refractivity contribution is 7.07. The Labute approximate surface area is 126 Å². The standard InChI is InChI=1S/C14H15ClFN3S/c15-13-5-12(1-2-14(13)16)19-4-3-10(7-19)17-6-11-8-20-9-18-11/h1-2,5,8-10,17H,3-4,6-7H2/t10-/m0/s1. The van der Waals surface area contributed by atoms with Crippen LogP contribution in [0.4, 0.5) is 10.1 Å². The molecule has 1 atom stereocenters. The monoisotopic (exact) mass is 311 g/mol. The first-order valence-electron chi connectivity index (χ1n) is 6.53. The average molecular weight is 312 g/mol. The maximum absolute atomic E-state index is 13.2. The van der Waals surface area contributed by atoms with Crippen LogP contribution in [-0.2, 0) is 6.54 Å². The van der Waals surface area contributed by atoms with Gasteiger partial charge in [0.25, 0.3) is 0 Å². The summed E-state index contributed by atoms with van der Waals surface area (Å²) >= 11 is 7.44. The van der Waals surface area contributed by atoms with Crippen LogP contribution in [-0.4, -0.2) is 24.1 Å². The van der Waals surface area contributed by atoms with E-state index in [0.29, 0.717) is 6.04 Å². The number of nitrogens with one attached hydrogen (secondary N) is 1. The van der Waals surface area contributed by atoms with Crippen molar-refractivity contribution in [3.63, 3.8) is 0 Å². The molecule has 0 saturated carbocycles. The SMILES string of the molecule is Fc1ccc(N2CC[C@H](NCc3cscn3)C2)cc1Cl. The molecule has 0 amide bonds. The van der Waals surface area contributed by atoms with Crippen LogP contribution in [0.15, 0.2) is 29.1 Å². The van der Waals surface area contributed by atoms with Crippen LogP contribution in [0.3, 0.4) is 0 Å². The van der Waals surface area contributed by atoms with Gasteiger partial charge < -0.3 is 10.2 Å². The zero-order chi connectivity index (χ0) is 13.9. The van der Waals surface area contributed by atoms with Crippen molar-refractivity contribution < 1.29 is 4.39 Å². The predicted molar refractivity (Wildman–Crippen MR) is 81.0 cm³/mol. The number of nitrogens with zero attached hydrogens (tertiary/aromatic N) is 2. The van der Waals surface area contributed by atoms with Crippen molar-refractivity contribution in [2.75, 3.05) is 18.0 Å². The molecule has 20 heavy (non-hydrogen) atoms. The number of rotatable bonds is 4. The van der Waals surface area contributed by atoms with Gasteiger partial charge in [-0.15, -0.1) is 11.3 Å². The van der Waals surface area contributed by atoms with Crippen molar-refractivity contribution in [2.24, 2.45) is 0 Å². The highest BCUT2D eigenvalue weighted by atomic mass is 35.5. The Morgan fingerprint density at radius 3 is 3.15 bits per heavy atom. The lowest BCUT2D eigenvalue weighted by molar-refractivity contribution is 0.547. The molecule has 6 heteroatoms. The third-order valence-corrected chi connectivity index (χ3v) is 4.44. The quantitative estimate of drug-likeness (QED) is 0.939. The molecule has 2 heterocycles. The number of benzene rings is 1. The summed E-state index contributed by atoms with van der Waals surface area (Å²) in [6.45, 7) is 2.66. The van der Waals surface area contributed by atoms with E-state index in [1.165, 1.54) is 6.07 Å². The highest BCUT2D eigenvalue weighted by Crippen LogP contribution is 2.25. The van der Waals surface area contributed by atoms with E-state index in [0.717, 1.165) is 37.4 Å². The Kier molecular flexibility index (Phi) is 4.19. The van der Waals surface area contributed by atoms with Gasteiger partial charge in [0.05, 0.1) is 16.2 Å². The van der Waals surface area contributed by atoms with E-state index in [-0.39, 0.29) is 10.8 Å². The van der Waals surface area contributed by atoms with Gasteiger partial charge in [-0.1, -0.05) is 11.6 Å². The summed E-state index contributed by atoms with van der Waals surface area (Å²) in [6.07, 6.45) is 1.07. The van der Waals surface area contributed by atoms with Gasteiger partial charge in [-0.25, -0.2) is 9.37 Å². The molecular weight excluding hydrogens is 297 g/mol. The van der Waals surface area contributed by atoms with E-state index in [2.05, 4.69) is 20.6 Å². The Morgan fingerprint density at radius 1 is 1.50 bits per heavy atom. The molecule has 1 fully saturated rings. The van der Waals surface area contributed by atoms with Crippen molar-refractivity contribution in [3.05, 3.63) is 45.6 Å². The Morgan fingerprint density at radius 2 is 2.40 bits per heavy atom. The number of anilines is 1.